The summed E-state index contributed by atoms with van der Waals surface area (Å²) < 4.78 is 1.61. The van der Waals surface area contributed by atoms with E-state index in [0.29, 0.717) is 0 Å². The molecule has 0 saturated heterocycles. The second-order valence-electron chi connectivity index (χ2n) is 5.33. The van der Waals surface area contributed by atoms with Crippen LogP contribution < -0.4 is 24.8 Å². The number of hydrogen-bond acceptors (Lipinski definition) is 0. The summed E-state index contributed by atoms with van der Waals surface area (Å²) in [7, 11) is -1.44. The Hall–Kier alpha value is 0.930. The molecule has 0 aliphatic heterocycles. The largest absolute Gasteiger partial charge is 1.00 e. The molecule has 19 heavy (non-hydrogen) atoms. The molecule has 103 valence electrons. The molecule has 0 nitrogen and oxygen atoms in total. The Morgan fingerprint density at radius 1 is 1.16 bits per heavy atom. The van der Waals surface area contributed by atoms with E-state index in [1.807, 2.05) is 0 Å². The average molecular weight is 412 g/mol. The van der Waals surface area contributed by atoms with Gasteiger partial charge in [0.25, 0.3) is 0 Å². The minimum atomic E-state index is -1.44. The Bertz CT molecular complexity index is 442. The van der Waals surface area contributed by atoms with Crippen LogP contribution in [0.25, 0.3) is 0 Å². The summed E-state index contributed by atoms with van der Waals surface area (Å²) in [6.07, 6.45) is 12.7. The van der Waals surface area contributed by atoms with E-state index in [4.69, 9.17) is 11.1 Å². The normalized spacial score (nSPS) is 17.9. The van der Waals surface area contributed by atoms with Gasteiger partial charge in [-0.2, -0.15) is 0 Å². The summed E-state index contributed by atoms with van der Waals surface area (Å²) in [6.45, 7) is 4.47. The van der Waals surface area contributed by atoms with Crippen molar-refractivity contribution in [3.63, 3.8) is 0 Å². The van der Waals surface area contributed by atoms with Crippen LogP contribution in [-0.4, -0.2) is 7.38 Å². The Balaban J connectivity index is 0.00000162. The van der Waals surface area contributed by atoms with Crippen molar-refractivity contribution in [2.75, 3.05) is 0 Å². The van der Waals surface area contributed by atoms with Gasteiger partial charge in [-0.25, -0.2) is 0 Å². The van der Waals surface area contributed by atoms with E-state index in [9.17, 15) is 0 Å². The summed E-state index contributed by atoms with van der Waals surface area (Å²) in [4.78, 5) is 0. The van der Waals surface area contributed by atoms with Crippen molar-refractivity contribution < 1.29 is 49.5 Å². The van der Waals surface area contributed by atoms with E-state index < -0.39 is 7.38 Å². The molecular weight excluding hydrogens is 394 g/mol. The third-order valence-electron chi connectivity index (χ3n) is 3.27. The van der Waals surface area contributed by atoms with Crippen LogP contribution in [0.3, 0.4) is 0 Å². The van der Waals surface area contributed by atoms with Crippen LogP contribution in [0, 0.1) is 0 Å². The monoisotopic (exact) mass is 409 g/mol. The van der Waals surface area contributed by atoms with Gasteiger partial charge in [-0.05, 0) is 0 Å². The molecule has 2 aliphatic carbocycles. The summed E-state index contributed by atoms with van der Waals surface area (Å²) in [5, 5.41) is 0. The van der Waals surface area contributed by atoms with Crippen molar-refractivity contribution >= 4 is 18.5 Å². The molecule has 0 amide bonds. The first-order chi connectivity index (χ1) is 7.97. The van der Waals surface area contributed by atoms with Crippen LogP contribution in [0.2, 0.25) is 19.1 Å². The minimum Gasteiger partial charge on any atom is -1.00 e. The maximum atomic E-state index is 6.42. The number of hydrogen-bond donors (Lipinski definition) is 0. The Kier molecular flexibility index (Phi) is 8.80. The van der Waals surface area contributed by atoms with Gasteiger partial charge in [-0.1, -0.05) is 0 Å². The van der Waals surface area contributed by atoms with Crippen molar-refractivity contribution in [3.8, 4) is 0 Å². The molecule has 0 fully saturated rings. The van der Waals surface area contributed by atoms with E-state index in [1.165, 1.54) is 23.6 Å². The Labute approximate surface area is 149 Å². The molecule has 5 heteroatoms. The molecule has 0 saturated carbocycles. The number of allylic oxidation sites excluding steroid dienone is 8. The molecule has 0 atom stereocenters. The fraction of sp³-hybridized carbons (Fsp3) is 0.429. The third kappa shape index (κ3) is 5.67. The van der Waals surface area contributed by atoms with Gasteiger partial charge in [0.15, 0.2) is 0 Å². The standard InChI is InChI=1S/C14H18ClSi.2ClH.Zr/c1-16(2,15)11-10-13-8-5-9-14(13)12-6-3-4-7-12;;;/h3,5-6,8H,4,9-11H2,1-2H3;2*1H;/q;;;+2/p-2. The molecule has 0 spiro atoms. The molecule has 2 aliphatic rings. The first-order valence-electron chi connectivity index (χ1n) is 6.16. The Morgan fingerprint density at radius 2 is 1.79 bits per heavy atom. The maximum Gasteiger partial charge on any atom is -1.00 e. The first kappa shape index (κ1) is 19.9. The van der Waals surface area contributed by atoms with Crippen LogP contribution in [0.15, 0.2) is 44.3 Å². The topological polar surface area (TPSA) is 0 Å². The van der Waals surface area contributed by atoms with Crippen LogP contribution >= 0.6 is 11.1 Å². The van der Waals surface area contributed by atoms with Gasteiger partial charge in [-0.15, -0.1) is 0 Å². The van der Waals surface area contributed by atoms with Crippen molar-refractivity contribution in [1.82, 2.24) is 0 Å². The molecule has 0 radical (unpaired) electrons. The molecular formula is C14H18Cl3SiZr. The first-order valence-corrected chi connectivity index (χ1v) is 11.6. The molecule has 0 bridgehead atoms. The fourth-order valence-electron chi connectivity index (χ4n) is 2.29. The SMILES string of the molecule is C[Si](C)(Cl)CCC1=C(C2=[C]([Zr+2])CC=C2)CC=C1.[Cl-].[Cl-]. The second kappa shape index (κ2) is 8.39. The molecule has 0 N–H and O–H groups in total. The zero-order valence-electron chi connectivity index (χ0n) is 11.3. The summed E-state index contributed by atoms with van der Waals surface area (Å²) in [5.41, 5.74) is 4.63. The summed E-state index contributed by atoms with van der Waals surface area (Å²) in [5.74, 6) is 0. The quantitative estimate of drug-likeness (QED) is 0.405. The van der Waals surface area contributed by atoms with E-state index in [-0.39, 0.29) is 24.8 Å². The van der Waals surface area contributed by atoms with Crippen LogP contribution in [0.1, 0.15) is 19.3 Å². The van der Waals surface area contributed by atoms with Gasteiger partial charge in [0.2, 0.25) is 0 Å². The molecule has 2 rings (SSSR count). The molecule has 0 aromatic carbocycles. The predicted octanol–water partition coefficient (Wildman–Crippen LogP) is -1.15. The van der Waals surface area contributed by atoms with Crippen LogP contribution in [0.5, 0.6) is 0 Å². The van der Waals surface area contributed by atoms with Gasteiger partial charge in [0.05, 0.1) is 0 Å². The fourth-order valence-corrected chi connectivity index (χ4v) is 4.30. The van der Waals surface area contributed by atoms with Crippen molar-refractivity contribution in [2.45, 2.75) is 38.4 Å². The van der Waals surface area contributed by atoms with Crippen molar-refractivity contribution in [2.24, 2.45) is 0 Å². The van der Waals surface area contributed by atoms with E-state index in [1.54, 1.807) is 33.6 Å². The minimum absolute atomic E-state index is 0. The van der Waals surface area contributed by atoms with Crippen LogP contribution in [-0.2, 0) is 24.7 Å². The molecule has 0 aromatic rings. The van der Waals surface area contributed by atoms with Gasteiger partial charge in [0, 0.05) is 0 Å². The smallest absolute Gasteiger partial charge is 1.00 e. The number of halogens is 3. The van der Waals surface area contributed by atoms with Gasteiger partial charge in [0.1, 0.15) is 0 Å². The average Bonchev–Trinajstić information content (AvgIpc) is 2.81. The second-order valence-corrected chi connectivity index (χ2v) is 13.8. The van der Waals surface area contributed by atoms with Gasteiger partial charge in [-0.3, -0.25) is 0 Å². The van der Waals surface area contributed by atoms with Crippen molar-refractivity contribution in [1.29, 1.82) is 0 Å². The van der Waals surface area contributed by atoms with Gasteiger partial charge >= 0.3 is 126 Å². The molecule has 0 unspecified atom stereocenters. The van der Waals surface area contributed by atoms with Crippen molar-refractivity contribution in [3.05, 3.63) is 44.3 Å². The summed E-state index contributed by atoms with van der Waals surface area (Å²) >= 11 is 7.98. The zero-order chi connectivity index (χ0) is 12.5. The predicted molar refractivity (Wildman–Crippen MR) is 74.3 cm³/mol. The van der Waals surface area contributed by atoms with Gasteiger partial charge < -0.3 is 24.8 Å². The van der Waals surface area contributed by atoms with E-state index in [2.05, 4.69) is 37.4 Å². The number of rotatable bonds is 4. The van der Waals surface area contributed by atoms with Crippen LogP contribution in [0.4, 0.5) is 0 Å². The molecule has 0 aromatic heterocycles. The third-order valence-corrected chi connectivity index (χ3v) is 6.44. The maximum absolute atomic E-state index is 6.42. The van der Waals surface area contributed by atoms with E-state index in [0.717, 1.165) is 12.8 Å². The Morgan fingerprint density at radius 3 is 2.32 bits per heavy atom. The molecule has 0 heterocycles. The van der Waals surface area contributed by atoms with E-state index >= 15 is 0 Å². The summed E-state index contributed by atoms with van der Waals surface area (Å²) in [6, 6.07) is 1.18. The zero-order valence-corrected chi connectivity index (χ0v) is 17.0.